The molecule has 3 aromatic rings. The van der Waals surface area contributed by atoms with Crippen LogP contribution in [-0.4, -0.2) is 41.0 Å². The van der Waals surface area contributed by atoms with Crippen molar-refractivity contribution in [1.82, 2.24) is 14.9 Å². The number of anilines is 1. The van der Waals surface area contributed by atoms with Crippen LogP contribution in [0.3, 0.4) is 0 Å². The summed E-state index contributed by atoms with van der Waals surface area (Å²) in [6, 6.07) is 10.6. The molecule has 2 aliphatic rings. The molecule has 0 radical (unpaired) electrons. The number of likely N-dealkylation sites (tertiary alicyclic amines) is 1. The van der Waals surface area contributed by atoms with E-state index < -0.39 is 0 Å². The highest BCUT2D eigenvalue weighted by Gasteiger charge is 2.22. The van der Waals surface area contributed by atoms with Crippen LogP contribution in [0.2, 0.25) is 0 Å². The summed E-state index contributed by atoms with van der Waals surface area (Å²) in [5.74, 6) is 1.99. The summed E-state index contributed by atoms with van der Waals surface area (Å²) in [6.45, 7) is 4.55. The quantitative estimate of drug-likeness (QED) is 0.662. The lowest BCUT2D eigenvalue weighted by molar-refractivity contribution is 0.237. The number of nitrogens with one attached hydrogen (secondary N) is 1. The predicted molar refractivity (Wildman–Crippen MR) is 117 cm³/mol. The lowest BCUT2D eigenvalue weighted by Crippen LogP contribution is -2.33. The van der Waals surface area contributed by atoms with Gasteiger partial charge < -0.3 is 10.2 Å². The zero-order chi connectivity index (χ0) is 18.8. The van der Waals surface area contributed by atoms with Crippen molar-refractivity contribution in [3.63, 3.8) is 0 Å². The molecule has 1 aliphatic carbocycles. The smallest absolute Gasteiger partial charge is 0.138 e. The average Bonchev–Trinajstić information content (AvgIpc) is 3.30. The van der Waals surface area contributed by atoms with Gasteiger partial charge in [-0.1, -0.05) is 36.8 Å². The van der Waals surface area contributed by atoms with Crippen molar-refractivity contribution in [2.75, 3.05) is 31.5 Å². The second kappa shape index (κ2) is 8.18. The Kier molecular flexibility index (Phi) is 5.28. The van der Waals surface area contributed by atoms with Crippen LogP contribution in [0.5, 0.6) is 0 Å². The van der Waals surface area contributed by atoms with E-state index in [1.807, 2.05) is 11.3 Å². The molecule has 5 heteroatoms. The molecule has 0 atom stereocenters. The Hall–Kier alpha value is -1.98. The van der Waals surface area contributed by atoms with Crippen LogP contribution < -0.4 is 5.32 Å². The molecule has 0 saturated carbocycles. The van der Waals surface area contributed by atoms with E-state index in [4.69, 9.17) is 9.97 Å². The number of hydrogen-bond donors (Lipinski definition) is 1. The largest absolute Gasteiger partial charge is 0.368 e. The average molecular weight is 393 g/mol. The van der Waals surface area contributed by atoms with Gasteiger partial charge in [0.25, 0.3) is 0 Å². The zero-order valence-electron chi connectivity index (χ0n) is 16.4. The topological polar surface area (TPSA) is 41.1 Å². The van der Waals surface area contributed by atoms with E-state index in [2.05, 4.69) is 40.5 Å². The molecule has 3 heterocycles. The first kappa shape index (κ1) is 18.1. The number of hydrogen-bond acceptors (Lipinski definition) is 5. The summed E-state index contributed by atoms with van der Waals surface area (Å²) in [4.78, 5) is 15.2. The highest BCUT2D eigenvalue weighted by atomic mass is 32.1. The molecule has 0 bridgehead atoms. The number of aryl methyl sites for hydroxylation is 2. The first-order valence-electron chi connectivity index (χ1n) is 10.7. The number of benzene rings is 1. The molecule has 2 aromatic heterocycles. The summed E-state index contributed by atoms with van der Waals surface area (Å²) in [5, 5.41) is 4.99. The monoisotopic (exact) mass is 392 g/mol. The van der Waals surface area contributed by atoms with Gasteiger partial charge in [-0.2, -0.15) is 0 Å². The third-order valence-corrected chi connectivity index (χ3v) is 7.17. The van der Waals surface area contributed by atoms with E-state index in [1.165, 1.54) is 77.8 Å². The summed E-state index contributed by atoms with van der Waals surface area (Å²) in [6.07, 6.45) is 8.53. The van der Waals surface area contributed by atoms with Gasteiger partial charge in [0.15, 0.2) is 0 Å². The Morgan fingerprint density at radius 2 is 1.82 bits per heavy atom. The third-order valence-electron chi connectivity index (χ3n) is 5.99. The van der Waals surface area contributed by atoms with Gasteiger partial charge in [-0.15, -0.1) is 11.3 Å². The Bertz CT molecular complexity index is 944. The summed E-state index contributed by atoms with van der Waals surface area (Å²) in [7, 11) is 0. The van der Waals surface area contributed by atoms with E-state index >= 15 is 0 Å². The zero-order valence-corrected chi connectivity index (χ0v) is 17.2. The SMILES string of the molecule is c1ccc(Cc2nc(NCCN3CCCCC3)c3c4c(sc3n2)CCC4)cc1. The number of rotatable bonds is 6. The summed E-state index contributed by atoms with van der Waals surface area (Å²) < 4.78 is 0. The minimum absolute atomic E-state index is 0.792. The third kappa shape index (κ3) is 3.78. The van der Waals surface area contributed by atoms with Crippen LogP contribution >= 0.6 is 11.3 Å². The van der Waals surface area contributed by atoms with Crippen molar-refractivity contribution in [3.8, 4) is 0 Å². The molecule has 5 rings (SSSR count). The molecule has 1 aromatic carbocycles. The molecule has 1 aliphatic heterocycles. The number of piperidine rings is 1. The van der Waals surface area contributed by atoms with E-state index in [0.717, 1.165) is 31.2 Å². The molecule has 0 spiro atoms. The van der Waals surface area contributed by atoms with E-state index in [0.29, 0.717) is 0 Å². The lowest BCUT2D eigenvalue weighted by Gasteiger charge is -2.26. The maximum atomic E-state index is 4.99. The molecule has 4 nitrogen and oxygen atoms in total. The van der Waals surface area contributed by atoms with E-state index in [-0.39, 0.29) is 0 Å². The molecule has 0 unspecified atom stereocenters. The van der Waals surface area contributed by atoms with Gasteiger partial charge in [-0.05, 0) is 56.3 Å². The Morgan fingerprint density at radius 1 is 0.964 bits per heavy atom. The molecule has 146 valence electrons. The predicted octanol–water partition coefficient (Wildman–Crippen LogP) is 4.67. The van der Waals surface area contributed by atoms with Gasteiger partial charge >= 0.3 is 0 Å². The molecular weight excluding hydrogens is 364 g/mol. The molecule has 1 N–H and O–H groups in total. The number of aromatic nitrogens is 2. The Morgan fingerprint density at radius 3 is 2.68 bits per heavy atom. The highest BCUT2D eigenvalue weighted by molar-refractivity contribution is 7.19. The second-order valence-electron chi connectivity index (χ2n) is 8.02. The van der Waals surface area contributed by atoms with Crippen molar-refractivity contribution in [2.24, 2.45) is 0 Å². The molecule has 1 saturated heterocycles. The van der Waals surface area contributed by atoms with Gasteiger partial charge in [0.2, 0.25) is 0 Å². The first-order valence-corrected chi connectivity index (χ1v) is 11.5. The van der Waals surface area contributed by atoms with Gasteiger partial charge in [0.05, 0.1) is 5.39 Å². The molecule has 1 fully saturated rings. The molecular formula is C23H28N4S. The maximum absolute atomic E-state index is 4.99. The molecule has 0 amide bonds. The van der Waals surface area contributed by atoms with Crippen molar-refractivity contribution in [2.45, 2.75) is 44.9 Å². The van der Waals surface area contributed by atoms with Crippen molar-refractivity contribution < 1.29 is 0 Å². The van der Waals surface area contributed by atoms with Gasteiger partial charge in [-0.3, -0.25) is 0 Å². The minimum Gasteiger partial charge on any atom is -0.368 e. The van der Waals surface area contributed by atoms with Crippen molar-refractivity contribution in [1.29, 1.82) is 0 Å². The van der Waals surface area contributed by atoms with Crippen molar-refractivity contribution in [3.05, 3.63) is 52.2 Å². The minimum atomic E-state index is 0.792. The fraction of sp³-hybridized carbons (Fsp3) is 0.478. The maximum Gasteiger partial charge on any atom is 0.138 e. The normalized spacial score (nSPS) is 17.1. The number of nitrogens with zero attached hydrogens (tertiary/aromatic N) is 3. The van der Waals surface area contributed by atoms with Crippen LogP contribution in [0, 0.1) is 0 Å². The van der Waals surface area contributed by atoms with Crippen LogP contribution in [0.25, 0.3) is 10.2 Å². The number of fused-ring (bicyclic) bond motifs is 3. The summed E-state index contributed by atoms with van der Waals surface area (Å²) >= 11 is 1.89. The van der Waals surface area contributed by atoms with Crippen LogP contribution in [-0.2, 0) is 19.3 Å². The fourth-order valence-electron chi connectivity index (χ4n) is 4.54. The standard InChI is InChI=1S/C23H28N4S/c1-3-8-17(9-4-1)16-20-25-22(24-12-15-27-13-5-2-6-14-27)21-18-10-7-11-19(18)28-23(21)26-20/h1,3-4,8-9H,2,5-7,10-16H2,(H,24,25,26). The fourth-order valence-corrected chi connectivity index (χ4v) is 5.82. The van der Waals surface area contributed by atoms with Crippen LogP contribution in [0.1, 0.15) is 47.5 Å². The van der Waals surface area contributed by atoms with E-state index in [1.54, 1.807) is 0 Å². The van der Waals surface area contributed by atoms with Gasteiger partial charge in [0.1, 0.15) is 16.5 Å². The Balaban J connectivity index is 1.41. The van der Waals surface area contributed by atoms with Crippen LogP contribution in [0.15, 0.2) is 30.3 Å². The van der Waals surface area contributed by atoms with Gasteiger partial charge in [-0.25, -0.2) is 9.97 Å². The molecule has 28 heavy (non-hydrogen) atoms. The first-order chi connectivity index (χ1) is 13.9. The highest BCUT2D eigenvalue weighted by Crippen LogP contribution is 2.39. The second-order valence-corrected chi connectivity index (χ2v) is 9.10. The lowest BCUT2D eigenvalue weighted by atomic mass is 10.1. The van der Waals surface area contributed by atoms with Crippen LogP contribution in [0.4, 0.5) is 5.82 Å². The van der Waals surface area contributed by atoms with E-state index in [9.17, 15) is 0 Å². The Labute approximate surface area is 171 Å². The number of thiophene rings is 1. The summed E-state index contributed by atoms with van der Waals surface area (Å²) in [5.41, 5.74) is 2.77. The van der Waals surface area contributed by atoms with Crippen molar-refractivity contribution >= 4 is 27.4 Å². The van der Waals surface area contributed by atoms with Gasteiger partial charge in [0, 0.05) is 24.4 Å².